The fourth-order valence-electron chi connectivity index (χ4n) is 1.74. The van der Waals surface area contributed by atoms with Gasteiger partial charge in [-0.05, 0) is 30.7 Å². The Hall–Kier alpha value is -1.39. The first-order valence-electron chi connectivity index (χ1n) is 5.99. The Labute approximate surface area is 120 Å². The van der Waals surface area contributed by atoms with Crippen LogP contribution in [0.5, 0.6) is 5.75 Å². The van der Waals surface area contributed by atoms with Crippen LogP contribution in [0.15, 0.2) is 46.9 Å². The van der Waals surface area contributed by atoms with Gasteiger partial charge in [-0.25, -0.2) is 4.39 Å². The van der Waals surface area contributed by atoms with Crippen molar-refractivity contribution in [3.05, 3.63) is 63.9 Å². The fourth-order valence-corrected chi connectivity index (χ4v) is 2.46. The van der Waals surface area contributed by atoms with Gasteiger partial charge in [-0.2, -0.15) is 0 Å². The topological polar surface area (TPSA) is 35.2 Å². The molecule has 100 valence electrons. The Morgan fingerprint density at radius 2 is 2.00 bits per heavy atom. The molecule has 0 aliphatic carbocycles. The van der Waals surface area contributed by atoms with Crippen LogP contribution in [0.25, 0.3) is 0 Å². The average molecular weight is 324 g/mol. The zero-order chi connectivity index (χ0) is 13.8. The smallest absolute Gasteiger partial charge is 0.129 e. The van der Waals surface area contributed by atoms with Gasteiger partial charge in [0.1, 0.15) is 18.2 Å². The van der Waals surface area contributed by atoms with Crippen molar-refractivity contribution in [2.45, 2.75) is 19.6 Å². The van der Waals surface area contributed by atoms with Crippen molar-refractivity contribution in [1.82, 2.24) is 0 Å². The van der Waals surface area contributed by atoms with Crippen LogP contribution in [-0.4, -0.2) is 0 Å². The zero-order valence-electron chi connectivity index (χ0n) is 10.6. The van der Waals surface area contributed by atoms with Gasteiger partial charge < -0.3 is 10.5 Å². The highest BCUT2D eigenvalue weighted by Gasteiger charge is 2.07. The van der Waals surface area contributed by atoms with E-state index in [1.54, 1.807) is 18.2 Å². The maximum absolute atomic E-state index is 13.4. The minimum atomic E-state index is -0.256. The molecule has 2 N–H and O–H groups in total. The number of halogens is 2. The van der Waals surface area contributed by atoms with Gasteiger partial charge in [-0.15, -0.1) is 0 Å². The number of hydrogen-bond acceptors (Lipinski definition) is 2. The SMILES string of the molecule is CC(N)c1ccc(OCc2ccccc2F)cc1Br. The Balaban J connectivity index is 2.08. The van der Waals surface area contributed by atoms with Gasteiger partial charge in [-0.1, -0.05) is 40.2 Å². The van der Waals surface area contributed by atoms with E-state index in [9.17, 15) is 4.39 Å². The molecule has 0 fully saturated rings. The van der Waals surface area contributed by atoms with Crippen molar-refractivity contribution >= 4 is 15.9 Å². The lowest BCUT2D eigenvalue weighted by Gasteiger charge is -2.11. The molecule has 1 atom stereocenters. The molecule has 0 aliphatic heterocycles. The molecule has 2 rings (SSSR count). The molecule has 0 spiro atoms. The van der Waals surface area contributed by atoms with E-state index in [-0.39, 0.29) is 18.5 Å². The van der Waals surface area contributed by atoms with Gasteiger partial charge >= 0.3 is 0 Å². The molecule has 0 bridgehead atoms. The van der Waals surface area contributed by atoms with E-state index in [0.29, 0.717) is 11.3 Å². The summed E-state index contributed by atoms with van der Waals surface area (Å²) < 4.78 is 19.9. The molecule has 0 heterocycles. The molecule has 2 aromatic rings. The van der Waals surface area contributed by atoms with Crippen LogP contribution in [0.1, 0.15) is 24.1 Å². The second-order valence-corrected chi connectivity index (χ2v) is 5.21. The van der Waals surface area contributed by atoms with E-state index in [2.05, 4.69) is 15.9 Å². The van der Waals surface area contributed by atoms with Crippen LogP contribution in [0.3, 0.4) is 0 Å². The molecule has 2 aromatic carbocycles. The normalized spacial score (nSPS) is 12.2. The van der Waals surface area contributed by atoms with Crippen LogP contribution in [0.2, 0.25) is 0 Å². The molecule has 0 aromatic heterocycles. The third-order valence-corrected chi connectivity index (χ3v) is 3.50. The summed E-state index contributed by atoms with van der Waals surface area (Å²) in [5, 5.41) is 0. The third kappa shape index (κ3) is 3.55. The maximum atomic E-state index is 13.4. The Bertz CT molecular complexity index is 572. The summed E-state index contributed by atoms with van der Waals surface area (Å²) in [5.74, 6) is 0.424. The maximum Gasteiger partial charge on any atom is 0.129 e. The molecular formula is C15H15BrFNO. The van der Waals surface area contributed by atoms with Crippen LogP contribution in [0, 0.1) is 5.82 Å². The molecule has 4 heteroatoms. The Morgan fingerprint density at radius 1 is 1.26 bits per heavy atom. The predicted molar refractivity (Wildman–Crippen MR) is 77.5 cm³/mol. The minimum absolute atomic E-state index is 0.0463. The summed E-state index contributed by atoms with van der Waals surface area (Å²) in [7, 11) is 0. The summed E-state index contributed by atoms with van der Waals surface area (Å²) in [6.07, 6.45) is 0. The first kappa shape index (κ1) is 14.0. The predicted octanol–water partition coefficient (Wildman–Crippen LogP) is 4.19. The number of nitrogens with two attached hydrogens (primary N) is 1. The van der Waals surface area contributed by atoms with Crippen LogP contribution >= 0.6 is 15.9 Å². The van der Waals surface area contributed by atoms with Gasteiger partial charge in [0, 0.05) is 16.1 Å². The highest BCUT2D eigenvalue weighted by molar-refractivity contribution is 9.10. The van der Waals surface area contributed by atoms with Gasteiger partial charge in [0.15, 0.2) is 0 Å². The average Bonchev–Trinajstić information content (AvgIpc) is 2.37. The summed E-state index contributed by atoms with van der Waals surface area (Å²) in [5.41, 5.74) is 7.38. The molecule has 2 nitrogen and oxygen atoms in total. The van der Waals surface area contributed by atoms with E-state index in [4.69, 9.17) is 10.5 Å². The summed E-state index contributed by atoms with van der Waals surface area (Å²) in [4.78, 5) is 0. The Morgan fingerprint density at radius 3 is 2.63 bits per heavy atom. The molecule has 19 heavy (non-hydrogen) atoms. The van der Waals surface area contributed by atoms with Crippen molar-refractivity contribution in [3.8, 4) is 5.75 Å². The zero-order valence-corrected chi connectivity index (χ0v) is 12.2. The molecule has 0 amide bonds. The van der Waals surface area contributed by atoms with E-state index in [1.165, 1.54) is 6.07 Å². The summed E-state index contributed by atoms with van der Waals surface area (Å²) in [6, 6.07) is 12.1. The van der Waals surface area contributed by atoms with Gasteiger partial charge in [0.25, 0.3) is 0 Å². The van der Waals surface area contributed by atoms with Gasteiger partial charge in [-0.3, -0.25) is 0 Å². The summed E-state index contributed by atoms with van der Waals surface area (Å²) in [6.45, 7) is 2.12. The van der Waals surface area contributed by atoms with Crippen molar-refractivity contribution in [2.75, 3.05) is 0 Å². The number of benzene rings is 2. The quantitative estimate of drug-likeness (QED) is 0.915. The molecule has 0 aliphatic rings. The van der Waals surface area contributed by atoms with Crippen molar-refractivity contribution < 1.29 is 9.13 Å². The van der Waals surface area contributed by atoms with Gasteiger partial charge in [0.2, 0.25) is 0 Å². The highest BCUT2D eigenvalue weighted by Crippen LogP contribution is 2.27. The molecular weight excluding hydrogens is 309 g/mol. The monoisotopic (exact) mass is 323 g/mol. The number of rotatable bonds is 4. The summed E-state index contributed by atoms with van der Waals surface area (Å²) >= 11 is 3.45. The van der Waals surface area contributed by atoms with E-state index < -0.39 is 0 Å². The van der Waals surface area contributed by atoms with Crippen molar-refractivity contribution in [2.24, 2.45) is 5.73 Å². The third-order valence-electron chi connectivity index (χ3n) is 2.81. The Kier molecular flexibility index (Phi) is 4.56. The minimum Gasteiger partial charge on any atom is -0.489 e. The number of hydrogen-bond donors (Lipinski definition) is 1. The van der Waals surface area contributed by atoms with Crippen molar-refractivity contribution in [1.29, 1.82) is 0 Å². The van der Waals surface area contributed by atoms with Crippen LogP contribution < -0.4 is 10.5 Å². The van der Waals surface area contributed by atoms with E-state index in [0.717, 1.165) is 10.0 Å². The van der Waals surface area contributed by atoms with E-state index in [1.807, 2.05) is 25.1 Å². The first-order chi connectivity index (χ1) is 9.08. The highest BCUT2D eigenvalue weighted by atomic mass is 79.9. The standard InChI is InChI=1S/C15H15BrFNO/c1-10(18)13-7-6-12(8-14(13)16)19-9-11-4-2-3-5-15(11)17/h2-8,10H,9,18H2,1H3. The lowest BCUT2D eigenvalue weighted by molar-refractivity contribution is 0.299. The first-order valence-corrected chi connectivity index (χ1v) is 6.78. The molecule has 0 saturated heterocycles. The number of ether oxygens (including phenoxy) is 1. The van der Waals surface area contributed by atoms with Crippen LogP contribution in [-0.2, 0) is 6.61 Å². The lowest BCUT2D eigenvalue weighted by atomic mass is 10.1. The van der Waals surface area contributed by atoms with Crippen molar-refractivity contribution in [3.63, 3.8) is 0 Å². The second-order valence-electron chi connectivity index (χ2n) is 4.35. The van der Waals surface area contributed by atoms with Gasteiger partial charge in [0.05, 0.1) is 0 Å². The lowest BCUT2D eigenvalue weighted by Crippen LogP contribution is -2.06. The van der Waals surface area contributed by atoms with Crippen LogP contribution in [0.4, 0.5) is 4.39 Å². The molecule has 1 unspecified atom stereocenters. The molecule has 0 saturated carbocycles. The fraction of sp³-hybridized carbons (Fsp3) is 0.200. The largest absolute Gasteiger partial charge is 0.489 e. The molecule has 0 radical (unpaired) electrons. The van der Waals surface area contributed by atoms with E-state index >= 15 is 0 Å². The second kappa shape index (κ2) is 6.17.